The standard InChI is InChI=1S/C46H58N10O3S/c1-29-9-11-36-35(20-29)48-42(60-36)50-39-30(2)32-8-7-13-55(40(32)52-51-39)37-12-10-33(38(49-37)41(57)58)34-21-47-56(31(34)3)28-45-23-43(4)22-44(5,24-45)26-46(25-43,27-45)59-19-18-54-16-14-53(6)15-17-54/h9-12,20-21H,7-8,13-19,22-28H2,1-6H3,(H,57,58)(H,48,50,51). The fraction of sp³-hybridized carbons (Fsp3) is 0.565. The molecule has 14 heteroatoms. The lowest BCUT2D eigenvalue weighted by Crippen LogP contribution is -2.64. The Hall–Kier alpha value is -4.50. The van der Waals surface area contributed by atoms with Crippen molar-refractivity contribution in [2.24, 2.45) is 16.2 Å². The number of nitrogens with one attached hydrogen (secondary N) is 1. The number of carbonyl (C=O) groups is 1. The van der Waals surface area contributed by atoms with Crippen LogP contribution in [0.25, 0.3) is 21.3 Å². The minimum absolute atomic E-state index is 0.0128. The quantitative estimate of drug-likeness (QED) is 0.133. The minimum atomic E-state index is -1.07. The number of likely N-dealkylation sites (N-methyl/N-ethyl adjacent to an activating group) is 1. The second-order valence-electron chi connectivity index (χ2n) is 19.9. The fourth-order valence-corrected chi connectivity index (χ4v) is 13.7. The van der Waals surface area contributed by atoms with Crippen molar-refractivity contribution in [3.8, 4) is 11.1 Å². The average Bonchev–Trinajstić information content (AvgIpc) is 3.75. The Morgan fingerprint density at radius 3 is 2.47 bits per heavy atom. The number of fused-ring (bicyclic) bond motifs is 2. The number of hydrogen-bond acceptors (Lipinski definition) is 12. The van der Waals surface area contributed by atoms with Crippen molar-refractivity contribution in [1.29, 1.82) is 0 Å². The Kier molecular flexibility index (Phi) is 9.62. The van der Waals surface area contributed by atoms with E-state index in [9.17, 15) is 9.90 Å². The van der Waals surface area contributed by atoms with Gasteiger partial charge >= 0.3 is 5.97 Å². The summed E-state index contributed by atoms with van der Waals surface area (Å²) in [6.07, 6.45) is 10.5. The van der Waals surface area contributed by atoms with E-state index in [-0.39, 0.29) is 27.5 Å². The van der Waals surface area contributed by atoms with Gasteiger partial charge in [0.15, 0.2) is 22.5 Å². The van der Waals surface area contributed by atoms with Crippen LogP contribution in [0.2, 0.25) is 0 Å². The first-order valence-corrected chi connectivity index (χ1v) is 22.6. The largest absolute Gasteiger partial charge is 0.476 e. The van der Waals surface area contributed by atoms with Gasteiger partial charge in [0.2, 0.25) is 0 Å². The number of pyridine rings is 1. The van der Waals surface area contributed by atoms with E-state index in [0.29, 0.717) is 29.6 Å². The van der Waals surface area contributed by atoms with Crippen LogP contribution in [0.4, 0.5) is 22.6 Å². The molecule has 4 aromatic heterocycles. The van der Waals surface area contributed by atoms with Crippen LogP contribution in [0.3, 0.4) is 0 Å². The van der Waals surface area contributed by atoms with Crippen LogP contribution in [-0.4, -0.2) is 109 Å². The molecule has 4 saturated carbocycles. The highest BCUT2D eigenvalue weighted by molar-refractivity contribution is 7.22. The first kappa shape index (κ1) is 39.6. The molecule has 0 spiro atoms. The second kappa shape index (κ2) is 14.6. The van der Waals surface area contributed by atoms with Gasteiger partial charge in [-0.3, -0.25) is 9.58 Å². The number of piperazine rings is 1. The van der Waals surface area contributed by atoms with Crippen LogP contribution < -0.4 is 10.2 Å². The zero-order valence-corrected chi connectivity index (χ0v) is 36.8. The molecule has 4 aliphatic carbocycles. The van der Waals surface area contributed by atoms with Gasteiger partial charge in [-0.25, -0.2) is 14.8 Å². The van der Waals surface area contributed by atoms with Crippen molar-refractivity contribution in [3.05, 3.63) is 64.6 Å². The zero-order valence-electron chi connectivity index (χ0n) is 36.0. The molecule has 2 N–H and O–H groups in total. The van der Waals surface area contributed by atoms with Crippen molar-refractivity contribution in [3.63, 3.8) is 0 Å². The lowest BCUT2D eigenvalue weighted by Gasteiger charge is -2.69. The number of nitrogens with zero attached hydrogens (tertiary/aromatic N) is 9. The summed E-state index contributed by atoms with van der Waals surface area (Å²) in [5, 5.41) is 29.1. The summed E-state index contributed by atoms with van der Waals surface area (Å²) in [4.78, 5) is 29.6. The molecule has 2 atom stereocenters. The summed E-state index contributed by atoms with van der Waals surface area (Å²) in [6, 6.07) is 10.1. The van der Waals surface area contributed by atoms with Gasteiger partial charge in [-0.2, -0.15) is 5.10 Å². The van der Waals surface area contributed by atoms with Crippen LogP contribution in [0.5, 0.6) is 0 Å². The van der Waals surface area contributed by atoms with Crippen LogP contribution in [0.15, 0.2) is 36.5 Å². The van der Waals surface area contributed by atoms with Gasteiger partial charge < -0.3 is 25.0 Å². The minimum Gasteiger partial charge on any atom is -0.476 e. The highest BCUT2D eigenvalue weighted by atomic mass is 32.1. The highest BCUT2D eigenvalue weighted by Crippen LogP contribution is 2.72. The summed E-state index contributed by atoms with van der Waals surface area (Å²) in [5.41, 5.74) is 7.02. The maximum absolute atomic E-state index is 13.0. The Morgan fingerprint density at radius 2 is 1.70 bits per heavy atom. The van der Waals surface area contributed by atoms with Gasteiger partial charge in [0.05, 0.1) is 28.6 Å². The predicted molar refractivity (Wildman–Crippen MR) is 236 cm³/mol. The molecule has 6 heterocycles. The molecule has 1 aromatic carbocycles. The number of ether oxygens (including phenoxy) is 1. The number of carboxylic acids is 1. The lowest BCUT2D eigenvalue weighted by atomic mass is 9.39. The molecule has 1 saturated heterocycles. The third kappa shape index (κ3) is 7.16. The topological polar surface area (TPSA) is 138 Å². The van der Waals surface area contributed by atoms with Gasteiger partial charge in [0.25, 0.3) is 0 Å². The van der Waals surface area contributed by atoms with E-state index in [0.717, 1.165) is 116 Å². The van der Waals surface area contributed by atoms with E-state index in [1.165, 1.54) is 24.8 Å². The number of hydrogen-bond donors (Lipinski definition) is 2. The normalized spacial score (nSPS) is 27.8. The predicted octanol–water partition coefficient (Wildman–Crippen LogP) is 8.18. The Labute approximate surface area is 356 Å². The van der Waals surface area contributed by atoms with E-state index >= 15 is 0 Å². The van der Waals surface area contributed by atoms with Crippen molar-refractivity contribution < 1.29 is 14.6 Å². The molecule has 6 aliphatic rings. The molecule has 5 fully saturated rings. The maximum atomic E-state index is 13.0. The van der Waals surface area contributed by atoms with E-state index in [1.54, 1.807) is 11.3 Å². The third-order valence-corrected chi connectivity index (χ3v) is 15.4. The first-order valence-electron chi connectivity index (χ1n) is 21.8. The summed E-state index contributed by atoms with van der Waals surface area (Å²) in [5.74, 6) is 0.866. The van der Waals surface area contributed by atoms with Gasteiger partial charge in [0, 0.05) is 73.8 Å². The summed E-state index contributed by atoms with van der Waals surface area (Å²) in [7, 11) is 2.21. The van der Waals surface area contributed by atoms with Crippen molar-refractivity contribution >= 4 is 50.1 Å². The summed E-state index contributed by atoms with van der Waals surface area (Å²) in [6.45, 7) is 18.9. The maximum Gasteiger partial charge on any atom is 0.355 e. The fourth-order valence-electron chi connectivity index (χ4n) is 12.9. The Morgan fingerprint density at radius 1 is 0.917 bits per heavy atom. The first-order chi connectivity index (χ1) is 28.7. The lowest BCUT2D eigenvalue weighted by molar-refractivity contribution is -0.249. The monoisotopic (exact) mass is 830 g/mol. The molecule has 316 valence electrons. The zero-order chi connectivity index (χ0) is 41.6. The number of thiazole rings is 1. The number of rotatable bonds is 11. The molecule has 2 aliphatic heterocycles. The van der Waals surface area contributed by atoms with E-state index in [2.05, 4.69) is 84.8 Å². The van der Waals surface area contributed by atoms with E-state index < -0.39 is 5.97 Å². The summed E-state index contributed by atoms with van der Waals surface area (Å²) >= 11 is 1.59. The molecule has 13 nitrogen and oxygen atoms in total. The highest BCUT2D eigenvalue weighted by Gasteiger charge is 2.66. The SMILES string of the molecule is Cc1ccc2sc(Nc3nnc4c(c3C)CCCN4c3ccc(-c4cnn(CC56CC7(C)CC(C)(C5)CC(OCCN5CCN(C)CC5)(C7)C6)c4C)c(C(=O)O)n3)nc2c1. The molecule has 0 amide bonds. The summed E-state index contributed by atoms with van der Waals surface area (Å²) < 4.78 is 10.3. The van der Waals surface area contributed by atoms with Crippen molar-refractivity contribution in [2.45, 2.75) is 98.1 Å². The van der Waals surface area contributed by atoms with Crippen LogP contribution in [-0.2, 0) is 17.7 Å². The number of carboxylic acid groups (broad SMARTS) is 1. The van der Waals surface area contributed by atoms with Gasteiger partial charge in [-0.1, -0.05) is 31.3 Å². The molecule has 60 heavy (non-hydrogen) atoms. The van der Waals surface area contributed by atoms with Crippen LogP contribution >= 0.6 is 11.3 Å². The number of aromatic carboxylic acids is 1. The van der Waals surface area contributed by atoms with Crippen LogP contribution in [0, 0.1) is 37.0 Å². The Balaban J connectivity index is 0.888. The molecule has 4 bridgehead atoms. The Bertz CT molecular complexity index is 2470. The van der Waals surface area contributed by atoms with E-state index in [4.69, 9.17) is 24.9 Å². The van der Waals surface area contributed by atoms with E-state index in [1.807, 2.05) is 23.2 Å². The molecule has 5 aromatic rings. The molecule has 0 radical (unpaired) electrons. The average molecular weight is 831 g/mol. The van der Waals surface area contributed by atoms with Crippen molar-refractivity contribution in [1.82, 2.24) is 39.7 Å². The van der Waals surface area contributed by atoms with Gasteiger partial charge in [-0.15, -0.1) is 10.2 Å². The van der Waals surface area contributed by atoms with Gasteiger partial charge in [-0.05, 0) is 125 Å². The number of aromatic nitrogens is 6. The second-order valence-corrected chi connectivity index (χ2v) is 20.9. The number of anilines is 4. The molecular formula is C46H58N10O3S. The molecule has 2 unspecified atom stereocenters. The molecule has 11 rings (SSSR count). The van der Waals surface area contributed by atoms with Crippen molar-refractivity contribution in [2.75, 3.05) is 63.1 Å². The molecular weight excluding hydrogens is 773 g/mol. The smallest absolute Gasteiger partial charge is 0.355 e. The number of aryl methyl sites for hydroxylation is 1. The van der Waals surface area contributed by atoms with Crippen LogP contribution in [0.1, 0.15) is 91.7 Å². The third-order valence-electron chi connectivity index (χ3n) is 14.5. The van der Waals surface area contributed by atoms with Gasteiger partial charge in [0.1, 0.15) is 5.82 Å². The number of benzene rings is 1.